The molecule has 39 valence electrons. The summed E-state index contributed by atoms with van der Waals surface area (Å²) in [7, 11) is 0. The maximum atomic E-state index is 0. The number of hydrogen-bond donors (Lipinski definition) is 1. The smallest absolute Gasteiger partial charge is 0 e. The summed E-state index contributed by atoms with van der Waals surface area (Å²) in [4.78, 5) is 0. The molecule has 0 spiro atoms. The third kappa shape index (κ3) is 35.2. The Morgan fingerprint density at radius 3 is 1.00 bits per heavy atom. The van der Waals surface area contributed by atoms with E-state index < -0.39 is 0 Å². The summed E-state index contributed by atoms with van der Waals surface area (Å²) in [5.74, 6) is 0. The van der Waals surface area contributed by atoms with Crippen LogP contribution in [-0.4, -0.2) is 0 Å². The molecular formula is CH12MnNPS. The minimum Gasteiger partial charge on any atom is -0.344 e. The van der Waals surface area contributed by atoms with E-state index in [2.05, 4.69) is 0 Å². The first-order valence-corrected chi connectivity index (χ1v) is 0. The van der Waals surface area contributed by atoms with Gasteiger partial charge in [-0.25, -0.2) is 0 Å². The first-order chi connectivity index (χ1) is 0. The predicted octanol–water partition coefficient (Wildman–Crippen LogP) is 0.966. The van der Waals surface area contributed by atoms with Gasteiger partial charge >= 0.3 is 0 Å². The molecule has 0 aromatic carbocycles. The van der Waals surface area contributed by atoms with Crippen LogP contribution in [0.25, 0.3) is 0 Å². The van der Waals surface area contributed by atoms with Gasteiger partial charge in [0.25, 0.3) is 0 Å². The SMILES string of the molecule is C.N.P.S.[Mn]. The Morgan fingerprint density at radius 1 is 1.00 bits per heavy atom. The van der Waals surface area contributed by atoms with Crippen LogP contribution in [0.4, 0.5) is 0 Å². The van der Waals surface area contributed by atoms with Gasteiger partial charge in [-0.2, -0.15) is 23.4 Å². The molecule has 0 heterocycles. The van der Waals surface area contributed by atoms with Gasteiger partial charge in [0.15, 0.2) is 0 Å². The van der Waals surface area contributed by atoms with E-state index in [4.69, 9.17) is 0 Å². The van der Waals surface area contributed by atoms with Crippen LogP contribution in [0, 0.1) is 0 Å². The number of hydrogen-bond acceptors (Lipinski definition) is 1. The Balaban J connectivity index is 0. The average Bonchev–Trinajstić information content (AvgIpc) is 0. The molecule has 0 aromatic rings. The van der Waals surface area contributed by atoms with E-state index in [0.29, 0.717) is 0 Å². The van der Waals surface area contributed by atoms with Crippen LogP contribution in [-0.2, 0) is 17.1 Å². The summed E-state index contributed by atoms with van der Waals surface area (Å²) < 4.78 is 0. The molecule has 0 fully saturated rings. The fourth-order valence-corrected chi connectivity index (χ4v) is 0. The Hall–Kier alpha value is 1.26. The molecule has 1 nitrogen and oxygen atoms in total. The van der Waals surface area contributed by atoms with Crippen LogP contribution in [0.5, 0.6) is 0 Å². The van der Waals surface area contributed by atoms with Gasteiger partial charge < -0.3 is 6.15 Å². The van der Waals surface area contributed by atoms with Crippen LogP contribution in [0.15, 0.2) is 0 Å². The molecule has 0 aliphatic heterocycles. The van der Waals surface area contributed by atoms with Crippen molar-refractivity contribution < 1.29 is 17.1 Å². The summed E-state index contributed by atoms with van der Waals surface area (Å²) in [6, 6.07) is 0. The van der Waals surface area contributed by atoms with E-state index in [0.717, 1.165) is 0 Å². The quantitative estimate of drug-likeness (QED) is 0.411. The minimum absolute atomic E-state index is 0. The molecule has 0 saturated heterocycles. The molecule has 1 radical (unpaired) electrons. The molecule has 1 atom stereocenters. The van der Waals surface area contributed by atoms with Crippen LogP contribution in [0.1, 0.15) is 7.43 Å². The number of rotatable bonds is 0. The van der Waals surface area contributed by atoms with E-state index in [1.54, 1.807) is 0 Å². The fraction of sp³-hybridized carbons (Fsp3) is 1.00. The Kier molecular flexibility index (Phi) is 1310. The van der Waals surface area contributed by atoms with Gasteiger partial charge in [0.05, 0.1) is 0 Å². The summed E-state index contributed by atoms with van der Waals surface area (Å²) in [5.41, 5.74) is 0. The van der Waals surface area contributed by atoms with Gasteiger partial charge in [-0.05, 0) is 0 Å². The van der Waals surface area contributed by atoms with Gasteiger partial charge in [-0.15, -0.1) is 0 Å². The van der Waals surface area contributed by atoms with Crippen molar-refractivity contribution in [3.8, 4) is 0 Å². The normalized spacial score (nSPS) is 0. The van der Waals surface area contributed by atoms with Crippen molar-refractivity contribution in [3.05, 3.63) is 0 Å². The van der Waals surface area contributed by atoms with E-state index in [1.807, 2.05) is 0 Å². The van der Waals surface area contributed by atoms with Crippen LogP contribution >= 0.6 is 23.4 Å². The summed E-state index contributed by atoms with van der Waals surface area (Å²) >= 11 is 0. The molecule has 0 aliphatic carbocycles. The second-order valence-corrected chi connectivity index (χ2v) is 0. The first kappa shape index (κ1) is 109. The van der Waals surface area contributed by atoms with Crippen LogP contribution in [0.2, 0.25) is 0 Å². The molecule has 3 N–H and O–H groups in total. The predicted molar refractivity (Wildman–Crippen MR) is 33.2 cm³/mol. The third-order valence-corrected chi connectivity index (χ3v) is 0. The summed E-state index contributed by atoms with van der Waals surface area (Å²) in [5, 5.41) is 0. The van der Waals surface area contributed by atoms with Crippen molar-refractivity contribution in [1.29, 1.82) is 0 Å². The zero-order valence-corrected chi connectivity index (χ0v) is 5.89. The van der Waals surface area contributed by atoms with Crippen molar-refractivity contribution in [3.63, 3.8) is 0 Å². The zero-order chi connectivity index (χ0) is 0. The van der Waals surface area contributed by atoms with Crippen molar-refractivity contribution in [1.82, 2.24) is 6.15 Å². The van der Waals surface area contributed by atoms with Gasteiger partial charge in [-0.1, -0.05) is 7.43 Å². The van der Waals surface area contributed by atoms with Crippen molar-refractivity contribution in [2.45, 2.75) is 7.43 Å². The largest absolute Gasteiger partial charge is 0.344 e. The summed E-state index contributed by atoms with van der Waals surface area (Å²) in [6.45, 7) is 0. The fourth-order valence-electron chi connectivity index (χ4n) is 0. The molecule has 0 amide bonds. The molecule has 5 heavy (non-hydrogen) atoms. The summed E-state index contributed by atoms with van der Waals surface area (Å²) in [6.07, 6.45) is 0. The molecule has 0 bridgehead atoms. The van der Waals surface area contributed by atoms with E-state index >= 15 is 0 Å². The zero-order valence-electron chi connectivity index (χ0n) is 2.29. The Morgan fingerprint density at radius 2 is 1.00 bits per heavy atom. The molecule has 1 unspecified atom stereocenters. The van der Waals surface area contributed by atoms with Gasteiger partial charge in [0, 0.05) is 17.1 Å². The second kappa shape index (κ2) is 60.2. The van der Waals surface area contributed by atoms with E-state index in [9.17, 15) is 0 Å². The Bertz CT molecular complexity index is 11.6. The van der Waals surface area contributed by atoms with Crippen molar-refractivity contribution in [2.75, 3.05) is 0 Å². The third-order valence-electron chi connectivity index (χ3n) is 0. The molecular weight excluding hydrogens is 144 g/mol. The van der Waals surface area contributed by atoms with Gasteiger partial charge in [0.1, 0.15) is 0 Å². The van der Waals surface area contributed by atoms with Crippen LogP contribution < -0.4 is 6.15 Å². The maximum Gasteiger partial charge on any atom is 0 e. The molecule has 0 aliphatic rings. The molecule has 0 aromatic heterocycles. The van der Waals surface area contributed by atoms with Gasteiger partial charge in [-0.3, -0.25) is 0 Å². The average molecular weight is 156 g/mol. The molecule has 0 rings (SSSR count). The van der Waals surface area contributed by atoms with Crippen molar-refractivity contribution in [2.24, 2.45) is 0 Å². The Labute approximate surface area is 54.4 Å². The first-order valence-electron chi connectivity index (χ1n) is 0. The standard InChI is InChI=1S/CH4.Mn.H3N.H3P.H2S/h1H4;;2*1H3;1H2. The maximum absolute atomic E-state index is 0. The van der Waals surface area contributed by atoms with E-state index in [1.165, 1.54) is 0 Å². The minimum atomic E-state index is 0. The molecule has 0 saturated carbocycles. The van der Waals surface area contributed by atoms with Gasteiger partial charge in [0.2, 0.25) is 0 Å². The molecule has 4 heteroatoms. The van der Waals surface area contributed by atoms with E-state index in [-0.39, 0.29) is 54.0 Å². The van der Waals surface area contributed by atoms with Crippen LogP contribution in [0.3, 0.4) is 0 Å². The monoisotopic (exact) mass is 156 g/mol. The van der Waals surface area contributed by atoms with Crippen molar-refractivity contribution >= 4 is 23.4 Å². The second-order valence-electron chi connectivity index (χ2n) is 0. The topological polar surface area (TPSA) is 35.0 Å².